The van der Waals surface area contributed by atoms with Gasteiger partial charge in [0.1, 0.15) is 5.75 Å². The fourth-order valence-corrected chi connectivity index (χ4v) is 11.4. The predicted molar refractivity (Wildman–Crippen MR) is 175 cm³/mol. The van der Waals surface area contributed by atoms with Crippen LogP contribution in [0.1, 0.15) is 88.5 Å². The number of amides is 1. The van der Waals surface area contributed by atoms with Crippen LogP contribution in [0.4, 0.5) is 0 Å². The number of hydrogen-bond donors (Lipinski definition) is 1. The van der Waals surface area contributed by atoms with Crippen molar-refractivity contribution < 1.29 is 23.8 Å². The highest BCUT2D eigenvalue weighted by Gasteiger charge is 2.45. The van der Waals surface area contributed by atoms with E-state index in [1.54, 1.807) is 24.2 Å². The molecule has 0 spiro atoms. The van der Waals surface area contributed by atoms with E-state index in [0.717, 1.165) is 22.4 Å². The fourth-order valence-electron chi connectivity index (χ4n) is 6.01. The Hall–Kier alpha value is -2.71. The van der Waals surface area contributed by atoms with Crippen molar-refractivity contribution in [3.8, 4) is 5.75 Å². The number of aliphatic hydroxyl groups is 1. The predicted octanol–water partition coefficient (Wildman–Crippen LogP) is 8.23. The van der Waals surface area contributed by atoms with E-state index < -0.39 is 14.4 Å². The van der Waals surface area contributed by atoms with Gasteiger partial charge in [0, 0.05) is 18.7 Å². The summed E-state index contributed by atoms with van der Waals surface area (Å²) in [6, 6.07) is 13.4. The monoisotopic (exact) mass is 595 g/mol. The zero-order valence-electron chi connectivity index (χ0n) is 27.3. The molecule has 0 aromatic heterocycles. The third kappa shape index (κ3) is 8.90. The van der Waals surface area contributed by atoms with Gasteiger partial charge >= 0.3 is 0 Å². The van der Waals surface area contributed by atoms with Gasteiger partial charge in [-0.1, -0.05) is 72.4 Å². The van der Waals surface area contributed by atoms with Crippen LogP contribution in [0.3, 0.4) is 0 Å². The van der Waals surface area contributed by atoms with E-state index in [9.17, 15) is 9.90 Å². The number of benzene rings is 2. The van der Waals surface area contributed by atoms with E-state index >= 15 is 0 Å². The topological polar surface area (TPSA) is 68.2 Å². The molecule has 1 amide bonds. The second-order valence-corrected chi connectivity index (χ2v) is 17.2. The number of rotatable bonds is 17. The van der Waals surface area contributed by atoms with Gasteiger partial charge in [-0.25, -0.2) is 0 Å². The molecule has 0 bridgehead atoms. The van der Waals surface area contributed by atoms with E-state index in [2.05, 4.69) is 48.1 Å². The SMILES string of the molecule is C=C/C(=C/C(O)c1cc(CO[Si](C(C)C)(C(C)C)C(C)C)ccc1C(=O)N(CC)CC)COCc1ccc(OC)cc1. The number of ether oxygens (including phenoxy) is 2. The van der Waals surface area contributed by atoms with Crippen LogP contribution in [0, 0.1) is 0 Å². The maximum atomic E-state index is 13.5. The Balaban J connectivity index is 2.37. The molecule has 1 unspecified atom stereocenters. The van der Waals surface area contributed by atoms with Crippen LogP contribution < -0.4 is 4.74 Å². The van der Waals surface area contributed by atoms with Crippen LogP contribution in [0.5, 0.6) is 5.75 Å². The molecule has 2 aromatic rings. The van der Waals surface area contributed by atoms with Gasteiger partial charge in [0.2, 0.25) is 8.32 Å². The van der Waals surface area contributed by atoms with E-state index in [1.165, 1.54) is 0 Å². The summed E-state index contributed by atoms with van der Waals surface area (Å²) in [5, 5.41) is 11.5. The molecule has 0 radical (unpaired) electrons. The largest absolute Gasteiger partial charge is 0.497 e. The Labute approximate surface area is 255 Å². The summed E-state index contributed by atoms with van der Waals surface area (Å²) in [6.45, 7) is 23.8. The van der Waals surface area contributed by atoms with Crippen LogP contribution >= 0.6 is 0 Å². The second kappa shape index (κ2) is 16.8. The lowest BCUT2D eigenvalue weighted by Gasteiger charge is -2.42. The molecule has 0 saturated carbocycles. The van der Waals surface area contributed by atoms with E-state index in [4.69, 9.17) is 13.9 Å². The molecule has 0 saturated heterocycles. The molecule has 232 valence electrons. The average molecular weight is 596 g/mol. The van der Waals surface area contributed by atoms with E-state index in [0.29, 0.717) is 54.1 Å². The van der Waals surface area contributed by atoms with Crippen molar-refractivity contribution >= 4 is 14.2 Å². The van der Waals surface area contributed by atoms with Crippen molar-refractivity contribution in [3.05, 3.63) is 89.0 Å². The molecule has 2 rings (SSSR count). The van der Waals surface area contributed by atoms with Gasteiger partial charge in [-0.15, -0.1) is 0 Å². The molecule has 0 fully saturated rings. The first-order valence-electron chi connectivity index (χ1n) is 15.2. The summed E-state index contributed by atoms with van der Waals surface area (Å²) in [5.41, 5.74) is 5.14. The minimum Gasteiger partial charge on any atom is -0.497 e. The minimum atomic E-state index is -2.09. The van der Waals surface area contributed by atoms with Gasteiger partial charge in [-0.3, -0.25) is 4.79 Å². The summed E-state index contributed by atoms with van der Waals surface area (Å²) in [7, 11) is -0.448. The number of aliphatic hydroxyl groups excluding tert-OH is 1. The van der Waals surface area contributed by atoms with Gasteiger partial charge < -0.3 is 23.9 Å². The van der Waals surface area contributed by atoms with E-state index in [1.807, 2.05) is 56.3 Å². The fraction of sp³-hybridized carbons (Fsp3) is 0.514. The molecule has 1 atom stereocenters. The van der Waals surface area contributed by atoms with Crippen LogP contribution in [0.25, 0.3) is 0 Å². The normalized spacial score (nSPS) is 13.1. The number of carbonyl (C=O) groups is 1. The van der Waals surface area contributed by atoms with Gasteiger partial charge in [-0.2, -0.15) is 0 Å². The molecule has 2 aromatic carbocycles. The van der Waals surface area contributed by atoms with Gasteiger partial charge in [-0.05, 0) is 83.1 Å². The summed E-state index contributed by atoms with van der Waals surface area (Å²) < 4.78 is 18.0. The highest BCUT2D eigenvalue weighted by Crippen LogP contribution is 2.43. The molecule has 0 aliphatic heterocycles. The maximum absolute atomic E-state index is 13.5. The second-order valence-electron chi connectivity index (χ2n) is 11.7. The number of carbonyl (C=O) groups excluding carboxylic acids is 1. The Kier molecular flexibility index (Phi) is 14.2. The standard InChI is InChI=1S/C35H53NO5Si/c1-11-28(22-40-23-29-14-17-31(39-10)18-15-29)21-34(37)33-20-30(16-19-32(33)35(38)36(12-2)13-3)24-41-42(25(4)5,26(6)7)27(8)9/h11,14-21,25-27,34,37H,1,12-13,22-24H2,2-10H3/b28-21-. The molecule has 7 heteroatoms. The summed E-state index contributed by atoms with van der Waals surface area (Å²) in [6.07, 6.45) is 2.39. The first-order valence-corrected chi connectivity index (χ1v) is 17.4. The van der Waals surface area contributed by atoms with Crippen LogP contribution in [-0.4, -0.2) is 51.0 Å². The number of nitrogens with zero attached hydrogens (tertiary/aromatic N) is 1. The summed E-state index contributed by atoms with van der Waals surface area (Å²) in [4.78, 5) is 15.2. The van der Waals surface area contributed by atoms with Crippen LogP contribution in [-0.2, 0) is 22.4 Å². The lowest BCUT2D eigenvalue weighted by atomic mass is 9.97. The number of hydrogen-bond acceptors (Lipinski definition) is 5. The van der Waals surface area contributed by atoms with Crippen molar-refractivity contribution in [1.82, 2.24) is 4.90 Å². The molecule has 42 heavy (non-hydrogen) atoms. The van der Waals surface area contributed by atoms with Gasteiger partial charge in [0.15, 0.2) is 0 Å². The molecule has 1 N–H and O–H groups in total. The molecule has 6 nitrogen and oxygen atoms in total. The first-order chi connectivity index (χ1) is 19.9. The van der Waals surface area contributed by atoms with Crippen molar-refractivity contribution in [3.63, 3.8) is 0 Å². The average Bonchev–Trinajstić information content (AvgIpc) is 2.97. The van der Waals surface area contributed by atoms with Crippen molar-refractivity contribution in [2.24, 2.45) is 0 Å². The highest BCUT2D eigenvalue weighted by molar-refractivity contribution is 6.77. The third-order valence-corrected chi connectivity index (χ3v) is 14.3. The van der Waals surface area contributed by atoms with Crippen molar-refractivity contribution in [1.29, 1.82) is 0 Å². The van der Waals surface area contributed by atoms with E-state index in [-0.39, 0.29) is 12.5 Å². The van der Waals surface area contributed by atoms with Crippen molar-refractivity contribution in [2.75, 3.05) is 26.8 Å². The lowest BCUT2D eigenvalue weighted by molar-refractivity contribution is 0.0767. The Morgan fingerprint density at radius 2 is 1.50 bits per heavy atom. The first kappa shape index (κ1) is 35.5. The van der Waals surface area contributed by atoms with Gasteiger partial charge in [0.05, 0.1) is 33.0 Å². The molecule has 0 aliphatic rings. The minimum absolute atomic E-state index is 0.0962. The Morgan fingerprint density at radius 1 is 0.929 bits per heavy atom. The third-order valence-electron chi connectivity index (χ3n) is 8.24. The van der Waals surface area contributed by atoms with Crippen LogP contribution in [0.2, 0.25) is 16.6 Å². The Bertz CT molecular complexity index is 1150. The quantitative estimate of drug-likeness (QED) is 0.147. The molecular formula is C35H53NO5Si. The van der Waals surface area contributed by atoms with Gasteiger partial charge in [0.25, 0.3) is 5.91 Å². The Morgan fingerprint density at radius 3 is 2.00 bits per heavy atom. The zero-order chi connectivity index (χ0) is 31.4. The maximum Gasteiger partial charge on any atom is 0.254 e. The highest BCUT2D eigenvalue weighted by atomic mass is 28.4. The lowest BCUT2D eigenvalue weighted by Crippen LogP contribution is -2.47. The molecular weight excluding hydrogens is 542 g/mol. The zero-order valence-corrected chi connectivity index (χ0v) is 28.3. The molecule has 0 heterocycles. The summed E-state index contributed by atoms with van der Waals surface area (Å²) >= 11 is 0. The molecule has 0 aliphatic carbocycles. The van der Waals surface area contributed by atoms with Crippen molar-refractivity contribution in [2.45, 2.75) is 91.3 Å². The van der Waals surface area contributed by atoms with Crippen LogP contribution in [0.15, 0.2) is 66.8 Å². The number of methoxy groups -OCH3 is 1. The summed E-state index contributed by atoms with van der Waals surface area (Å²) in [5.74, 6) is 0.697. The smallest absolute Gasteiger partial charge is 0.254 e.